The van der Waals surface area contributed by atoms with Crippen LogP contribution >= 0.6 is 0 Å². The SMILES string of the molecule is COc1ccc(F)c(S(=O)(=O)Nc2ccc(-c3cc4[nH]ncc4c(OC)n3)cc2)c1. The normalized spacial score (nSPS) is 11.4. The summed E-state index contributed by atoms with van der Waals surface area (Å²) in [6.45, 7) is 0. The summed E-state index contributed by atoms with van der Waals surface area (Å²) in [6.07, 6.45) is 1.63. The van der Waals surface area contributed by atoms with E-state index in [9.17, 15) is 12.8 Å². The Kier molecular flexibility index (Phi) is 5.00. The Balaban J connectivity index is 1.63. The molecule has 0 aliphatic heterocycles. The molecule has 0 amide bonds. The van der Waals surface area contributed by atoms with E-state index in [1.807, 2.05) is 6.07 Å². The van der Waals surface area contributed by atoms with Crippen molar-refractivity contribution in [3.63, 3.8) is 0 Å². The summed E-state index contributed by atoms with van der Waals surface area (Å²) < 4.78 is 51.9. The van der Waals surface area contributed by atoms with Crippen molar-refractivity contribution in [2.45, 2.75) is 4.90 Å². The van der Waals surface area contributed by atoms with E-state index in [1.54, 1.807) is 30.5 Å². The number of H-pyrrole nitrogens is 1. The Bertz CT molecular complexity index is 1320. The summed E-state index contributed by atoms with van der Waals surface area (Å²) in [6, 6.07) is 11.9. The fourth-order valence-corrected chi connectivity index (χ4v) is 4.11. The van der Waals surface area contributed by atoms with E-state index >= 15 is 0 Å². The lowest BCUT2D eigenvalue weighted by Crippen LogP contribution is -2.14. The maximum atomic E-state index is 14.1. The van der Waals surface area contributed by atoms with Crippen LogP contribution in [-0.4, -0.2) is 37.8 Å². The van der Waals surface area contributed by atoms with E-state index in [0.29, 0.717) is 11.6 Å². The molecule has 0 unspecified atom stereocenters. The highest BCUT2D eigenvalue weighted by Crippen LogP contribution is 2.29. The third kappa shape index (κ3) is 3.64. The quantitative estimate of drug-likeness (QED) is 0.486. The molecule has 154 valence electrons. The minimum atomic E-state index is -4.14. The maximum Gasteiger partial charge on any atom is 0.264 e. The molecule has 0 bridgehead atoms. The number of benzene rings is 2. The molecular formula is C20H17FN4O4S. The molecule has 2 heterocycles. The summed E-state index contributed by atoms with van der Waals surface area (Å²) >= 11 is 0. The summed E-state index contributed by atoms with van der Waals surface area (Å²) in [5, 5.41) is 7.61. The molecule has 10 heteroatoms. The fourth-order valence-electron chi connectivity index (χ4n) is 2.95. The summed E-state index contributed by atoms with van der Waals surface area (Å²) in [5.41, 5.74) is 2.39. The van der Waals surface area contributed by atoms with Gasteiger partial charge in [-0.2, -0.15) is 5.10 Å². The van der Waals surface area contributed by atoms with Gasteiger partial charge in [0.2, 0.25) is 5.88 Å². The van der Waals surface area contributed by atoms with Gasteiger partial charge in [-0.15, -0.1) is 0 Å². The summed E-state index contributed by atoms with van der Waals surface area (Å²) in [5.74, 6) is -0.208. The van der Waals surface area contributed by atoms with Crippen LogP contribution in [0.25, 0.3) is 22.2 Å². The minimum Gasteiger partial charge on any atom is -0.497 e. The monoisotopic (exact) mass is 428 g/mol. The molecule has 0 atom stereocenters. The van der Waals surface area contributed by atoms with Crippen molar-refractivity contribution < 1.29 is 22.3 Å². The van der Waals surface area contributed by atoms with Crippen LogP contribution in [-0.2, 0) is 10.0 Å². The van der Waals surface area contributed by atoms with Crippen molar-refractivity contribution in [1.82, 2.24) is 15.2 Å². The van der Waals surface area contributed by atoms with Crippen LogP contribution in [0.4, 0.5) is 10.1 Å². The third-order valence-electron chi connectivity index (χ3n) is 4.46. The van der Waals surface area contributed by atoms with Gasteiger partial charge in [0, 0.05) is 17.3 Å². The number of halogens is 1. The molecule has 0 aliphatic carbocycles. The van der Waals surface area contributed by atoms with E-state index < -0.39 is 20.7 Å². The Labute approximate surface area is 171 Å². The topological polar surface area (TPSA) is 106 Å². The first-order valence-corrected chi connectivity index (χ1v) is 10.2. The van der Waals surface area contributed by atoms with Crippen molar-refractivity contribution in [2.75, 3.05) is 18.9 Å². The number of nitrogens with zero attached hydrogens (tertiary/aromatic N) is 2. The molecule has 0 saturated heterocycles. The lowest BCUT2D eigenvalue weighted by atomic mass is 10.1. The van der Waals surface area contributed by atoms with E-state index in [2.05, 4.69) is 19.9 Å². The lowest BCUT2D eigenvalue weighted by molar-refractivity contribution is 0.404. The van der Waals surface area contributed by atoms with Gasteiger partial charge in [-0.3, -0.25) is 9.82 Å². The second kappa shape index (κ2) is 7.64. The number of aromatic amines is 1. The molecule has 30 heavy (non-hydrogen) atoms. The molecule has 0 radical (unpaired) electrons. The molecule has 2 aromatic carbocycles. The van der Waals surface area contributed by atoms with Crippen LogP contribution in [0, 0.1) is 5.82 Å². The smallest absolute Gasteiger partial charge is 0.264 e. The Hall–Kier alpha value is -3.66. The predicted molar refractivity (Wildman–Crippen MR) is 110 cm³/mol. The maximum absolute atomic E-state index is 14.1. The lowest BCUT2D eigenvalue weighted by Gasteiger charge is -2.11. The third-order valence-corrected chi connectivity index (χ3v) is 5.85. The van der Waals surface area contributed by atoms with E-state index in [0.717, 1.165) is 28.6 Å². The van der Waals surface area contributed by atoms with Gasteiger partial charge >= 0.3 is 0 Å². The average Bonchev–Trinajstić information content (AvgIpc) is 3.22. The number of fused-ring (bicyclic) bond motifs is 1. The first-order valence-electron chi connectivity index (χ1n) is 8.76. The molecule has 2 aromatic heterocycles. The molecule has 8 nitrogen and oxygen atoms in total. The van der Waals surface area contributed by atoms with Crippen molar-refractivity contribution >= 4 is 26.6 Å². The van der Waals surface area contributed by atoms with Crippen LogP contribution in [0.2, 0.25) is 0 Å². The van der Waals surface area contributed by atoms with Gasteiger partial charge in [0.1, 0.15) is 16.5 Å². The van der Waals surface area contributed by atoms with Gasteiger partial charge in [0.15, 0.2) is 0 Å². The van der Waals surface area contributed by atoms with E-state index in [-0.39, 0.29) is 11.4 Å². The van der Waals surface area contributed by atoms with Gasteiger partial charge in [-0.05, 0) is 30.3 Å². The number of sulfonamides is 1. The number of rotatable bonds is 6. The summed E-state index contributed by atoms with van der Waals surface area (Å²) in [7, 11) is -1.24. The molecule has 0 aliphatic rings. The highest BCUT2D eigenvalue weighted by molar-refractivity contribution is 7.92. The fraction of sp³-hybridized carbons (Fsp3) is 0.100. The van der Waals surface area contributed by atoms with Crippen LogP contribution in [0.3, 0.4) is 0 Å². The number of anilines is 1. The Morgan fingerprint density at radius 1 is 1.03 bits per heavy atom. The van der Waals surface area contributed by atoms with Gasteiger partial charge in [-0.1, -0.05) is 12.1 Å². The number of hydrogen-bond acceptors (Lipinski definition) is 6. The Morgan fingerprint density at radius 3 is 2.50 bits per heavy atom. The highest BCUT2D eigenvalue weighted by atomic mass is 32.2. The molecule has 0 saturated carbocycles. The molecule has 0 spiro atoms. The number of aromatic nitrogens is 3. The highest BCUT2D eigenvalue weighted by Gasteiger charge is 2.20. The zero-order valence-corrected chi connectivity index (χ0v) is 16.8. The second-order valence-electron chi connectivity index (χ2n) is 6.33. The zero-order chi connectivity index (χ0) is 21.3. The van der Waals surface area contributed by atoms with E-state index in [4.69, 9.17) is 9.47 Å². The standard InChI is InChI=1S/C20H17FN4O4S/c1-28-14-7-8-16(21)19(9-14)30(26,27)25-13-5-3-12(4-6-13)17-10-18-15(11-22-24-18)20(23-17)29-2/h3-11,25H,1-2H3,(H,22,24). The van der Waals surface area contributed by atoms with Crippen LogP contribution in [0.5, 0.6) is 11.6 Å². The van der Waals surface area contributed by atoms with Crippen molar-refractivity contribution in [3.05, 3.63) is 60.5 Å². The minimum absolute atomic E-state index is 0.237. The van der Waals surface area contributed by atoms with Crippen molar-refractivity contribution in [2.24, 2.45) is 0 Å². The molecule has 4 aromatic rings. The largest absolute Gasteiger partial charge is 0.497 e. The van der Waals surface area contributed by atoms with Gasteiger partial charge in [-0.25, -0.2) is 17.8 Å². The Morgan fingerprint density at radius 2 is 1.80 bits per heavy atom. The van der Waals surface area contributed by atoms with Crippen molar-refractivity contribution in [3.8, 4) is 22.9 Å². The molecule has 4 rings (SSSR count). The van der Waals surface area contributed by atoms with Crippen molar-refractivity contribution in [1.29, 1.82) is 0 Å². The van der Waals surface area contributed by atoms with Crippen LogP contribution in [0.15, 0.2) is 59.6 Å². The number of hydrogen-bond donors (Lipinski definition) is 2. The first kappa shape index (κ1) is 19.6. The van der Waals surface area contributed by atoms with Crippen LogP contribution < -0.4 is 14.2 Å². The van der Waals surface area contributed by atoms with Gasteiger partial charge < -0.3 is 9.47 Å². The molecular weight excluding hydrogens is 411 g/mol. The predicted octanol–water partition coefficient (Wildman–Crippen LogP) is 3.58. The number of pyridine rings is 1. The molecule has 2 N–H and O–H groups in total. The zero-order valence-electron chi connectivity index (χ0n) is 16.0. The van der Waals surface area contributed by atoms with E-state index in [1.165, 1.54) is 20.3 Å². The first-order chi connectivity index (χ1) is 14.4. The average molecular weight is 428 g/mol. The summed E-state index contributed by atoms with van der Waals surface area (Å²) in [4.78, 5) is 3.96. The van der Waals surface area contributed by atoms with Gasteiger partial charge in [0.05, 0.1) is 37.0 Å². The van der Waals surface area contributed by atoms with Crippen LogP contribution in [0.1, 0.15) is 0 Å². The second-order valence-corrected chi connectivity index (χ2v) is 7.98. The number of ether oxygens (including phenoxy) is 2. The van der Waals surface area contributed by atoms with Gasteiger partial charge in [0.25, 0.3) is 10.0 Å². The molecule has 0 fully saturated rings. The number of methoxy groups -OCH3 is 2. The number of nitrogens with one attached hydrogen (secondary N) is 2.